The number of rotatable bonds is 4. The van der Waals surface area contributed by atoms with Crippen molar-refractivity contribution in [2.75, 3.05) is 13.1 Å². The molecule has 18 heavy (non-hydrogen) atoms. The van der Waals surface area contributed by atoms with E-state index in [1.807, 2.05) is 6.92 Å². The van der Waals surface area contributed by atoms with Crippen LogP contribution in [-0.2, 0) is 16.6 Å². The van der Waals surface area contributed by atoms with E-state index in [9.17, 15) is 8.42 Å². The smallest absolute Gasteiger partial charge is 0.260 e. The van der Waals surface area contributed by atoms with Crippen molar-refractivity contribution in [3.8, 4) is 0 Å². The summed E-state index contributed by atoms with van der Waals surface area (Å²) >= 11 is 0. The first kappa shape index (κ1) is 13.5. The van der Waals surface area contributed by atoms with Crippen LogP contribution in [-0.4, -0.2) is 41.6 Å². The predicted octanol–water partition coefficient (Wildman–Crippen LogP) is 0.405. The fourth-order valence-electron chi connectivity index (χ4n) is 2.42. The lowest BCUT2D eigenvalue weighted by molar-refractivity contribution is 0.255. The average Bonchev–Trinajstić information content (AvgIpc) is 2.87. The second-order valence-electron chi connectivity index (χ2n) is 4.49. The van der Waals surface area contributed by atoms with E-state index in [-0.39, 0.29) is 11.1 Å². The fourth-order valence-corrected chi connectivity index (χ4v) is 4.29. The Kier molecular flexibility index (Phi) is 4.04. The van der Waals surface area contributed by atoms with Gasteiger partial charge in [0.2, 0.25) is 0 Å². The molecular formula is C11H20N4O2S. The van der Waals surface area contributed by atoms with Crippen LogP contribution in [0, 0.1) is 0 Å². The Morgan fingerprint density at radius 1 is 1.50 bits per heavy atom. The highest BCUT2D eigenvalue weighted by Gasteiger charge is 2.34. The molecule has 6 nitrogen and oxygen atoms in total. The van der Waals surface area contributed by atoms with Gasteiger partial charge in [-0.1, -0.05) is 6.42 Å². The zero-order valence-corrected chi connectivity index (χ0v) is 11.4. The number of hydrogen-bond acceptors (Lipinski definition) is 4. The largest absolute Gasteiger partial charge is 0.329 e. The summed E-state index contributed by atoms with van der Waals surface area (Å²) in [4.78, 5) is 0. The summed E-state index contributed by atoms with van der Waals surface area (Å²) in [5.74, 6) is 0. The zero-order chi connectivity index (χ0) is 13.2. The molecule has 102 valence electrons. The minimum atomic E-state index is -3.47. The highest BCUT2D eigenvalue weighted by atomic mass is 32.2. The van der Waals surface area contributed by atoms with E-state index >= 15 is 0 Å². The number of piperidine rings is 1. The van der Waals surface area contributed by atoms with E-state index in [2.05, 4.69) is 5.10 Å². The molecule has 2 N–H and O–H groups in total. The first-order valence-corrected chi connectivity index (χ1v) is 7.79. The molecule has 0 saturated carbocycles. The molecule has 1 aliphatic heterocycles. The predicted molar refractivity (Wildman–Crippen MR) is 68.5 cm³/mol. The molecule has 0 aliphatic carbocycles. The third-order valence-corrected chi connectivity index (χ3v) is 5.37. The number of aromatic nitrogens is 2. The standard InChI is InChI=1S/C11H20N4O2S/c1-2-14-11(6-7-13-14)18(16,17)15-8-4-3-5-10(15)9-12/h6-7,10H,2-5,8-9,12H2,1H3. The highest BCUT2D eigenvalue weighted by Crippen LogP contribution is 2.24. The molecule has 0 spiro atoms. The molecule has 1 aliphatic rings. The lowest BCUT2D eigenvalue weighted by Gasteiger charge is -2.33. The molecule has 2 heterocycles. The monoisotopic (exact) mass is 272 g/mol. The van der Waals surface area contributed by atoms with Crippen molar-refractivity contribution in [1.29, 1.82) is 0 Å². The van der Waals surface area contributed by atoms with E-state index < -0.39 is 10.0 Å². The summed E-state index contributed by atoms with van der Waals surface area (Å²) in [6.07, 6.45) is 4.31. The van der Waals surface area contributed by atoms with Gasteiger partial charge in [0.05, 0.1) is 6.20 Å². The number of sulfonamides is 1. The Morgan fingerprint density at radius 2 is 2.28 bits per heavy atom. The Morgan fingerprint density at radius 3 is 2.94 bits per heavy atom. The summed E-state index contributed by atoms with van der Waals surface area (Å²) in [5, 5.41) is 4.30. The maximum Gasteiger partial charge on any atom is 0.260 e. The Balaban J connectivity index is 2.35. The number of hydrogen-bond donors (Lipinski definition) is 1. The first-order chi connectivity index (χ1) is 8.61. The number of aryl methyl sites for hydroxylation is 1. The molecular weight excluding hydrogens is 252 g/mol. The lowest BCUT2D eigenvalue weighted by atomic mass is 10.1. The van der Waals surface area contributed by atoms with Crippen LogP contribution in [0.15, 0.2) is 17.3 Å². The van der Waals surface area contributed by atoms with E-state index in [0.717, 1.165) is 19.3 Å². The summed E-state index contributed by atoms with van der Waals surface area (Å²) in [6.45, 7) is 3.35. The summed E-state index contributed by atoms with van der Waals surface area (Å²) in [7, 11) is -3.47. The molecule has 1 atom stereocenters. The van der Waals surface area contributed by atoms with Crippen LogP contribution in [0.5, 0.6) is 0 Å². The van der Waals surface area contributed by atoms with Crippen LogP contribution in [0.2, 0.25) is 0 Å². The third kappa shape index (κ3) is 2.30. The van der Waals surface area contributed by atoms with Gasteiger partial charge < -0.3 is 5.73 Å². The van der Waals surface area contributed by atoms with Crippen LogP contribution in [0.25, 0.3) is 0 Å². The van der Waals surface area contributed by atoms with Gasteiger partial charge in [-0.15, -0.1) is 0 Å². The molecule has 7 heteroatoms. The van der Waals surface area contributed by atoms with Gasteiger partial charge >= 0.3 is 0 Å². The summed E-state index contributed by atoms with van der Waals surface area (Å²) in [5.41, 5.74) is 5.69. The normalized spacial score (nSPS) is 22.2. The van der Waals surface area contributed by atoms with Gasteiger partial charge in [0.1, 0.15) is 0 Å². The van der Waals surface area contributed by atoms with Gasteiger partial charge in [0.15, 0.2) is 5.03 Å². The van der Waals surface area contributed by atoms with E-state index in [1.165, 1.54) is 10.9 Å². The van der Waals surface area contributed by atoms with Crippen molar-refractivity contribution in [2.45, 2.75) is 43.8 Å². The maximum absolute atomic E-state index is 12.6. The molecule has 1 unspecified atom stereocenters. The topological polar surface area (TPSA) is 81.2 Å². The Hall–Kier alpha value is -0.920. The fraction of sp³-hybridized carbons (Fsp3) is 0.727. The minimum absolute atomic E-state index is 0.0797. The molecule has 0 aromatic carbocycles. The Labute approximate surface area is 108 Å². The average molecular weight is 272 g/mol. The van der Waals surface area contributed by atoms with Crippen LogP contribution in [0.4, 0.5) is 0 Å². The van der Waals surface area contributed by atoms with E-state index in [4.69, 9.17) is 5.73 Å². The number of nitrogens with two attached hydrogens (primary N) is 1. The van der Waals surface area contributed by atoms with Crippen molar-refractivity contribution < 1.29 is 8.42 Å². The maximum atomic E-state index is 12.6. The van der Waals surface area contributed by atoms with Gasteiger partial charge in [0.25, 0.3) is 10.0 Å². The van der Waals surface area contributed by atoms with Crippen molar-refractivity contribution >= 4 is 10.0 Å². The van der Waals surface area contributed by atoms with Gasteiger partial charge in [-0.3, -0.25) is 4.68 Å². The quantitative estimate of drug-likeness (QED) is 0.860. The molecule has 1 fully saturated rings. The van der Waals surface area contributed by atoms with Crippen molar-refractivity contribution in [3.05, 3.63) is 12.3 Å². The molecule has 0 amide bonds. The van der Waals surface area contributed by atoms with Gasteiger partial charge in [0, 0.05) is 25.7 Å². The van der Waals surface area contributed by atoms with E-state index in [1.54, 1.807) is 10.4 Å². The lowest BCUT2D eigenvalue weighted by Crippen LogP contribution is -2.47. The van der Waals surface area contributed by atoms with Crippen LogP contribution >= 0.6 is 0 Å². The van der Waals surface area contributed by atoms with E-state index in [0.29, 0.717) is 19.6 Å². The molecule has 2 rings (SSSR count). The van der Waals surface area contributed by atoms with Crippen molar-refractivity contribution in [1.82, 2.24) is 14.1 Å². The molecule has 0 radical (unpaired) electrons. The first-order valence-electron chi connectivity index (χ1n) is 6.35. The summed E-state index contributed by atoms with van der Waals surface area (Å²) < 4.78 is 28.3. The van der Waals surface area contributed by atoms with Crippen molar-refractivity contribution in [3.63, 3.8) is 0 Å². The molecule has 0 bridgehead atoms. The van der Waals surface area contributed by atoms with Crippen LogP contribution < -0.4 is 5.73 Å². The second-order valence-corrected chi connectivity index (χ2v) is 6.32. The molecule has 1 aromatic rings. The van der Waals surface area contributed by atoms with Crippen LogP contribution in [0.1, 0.15) is 26.2 Å². The van der Waals surface area contributed by atoms with Gasteiger partial charge in [-0.2, -0.15) is 9.40 Å². The summed E-state index contributed by atoms with van der Waals surface area (Å²) in [6, 6.07) is 1.48. The molecule has 1 aromatic heterocycles. The SMILES string of the molecule is CCn1nccc1S(=O)(=O)N1CCCCC1CN. The van der Waals surface area contributed by atoms with Gasteiger partial charge in [-0.25, -0.2) is 8.42 Å². The Bertz CT molecular complexity index is 497. The highest BCUT2D eigenvalue weighted by molar-refractivity contribution is 7.89. The van der Waals surface area contributed by atoms with Crippen molar-refractivity contribution in [2.24, 2.45) is 5.73 Å². The van der Waals surface area contributed by atoms with Crippen LogP contribution in [0.3, 0.4) is 0 Å². The number of nitrogens with zero attached hydrogens (tertiary/aromatic N) is 3. The second kappa shape index (κ2) is 5.38. The molecule has 1 saturated heterocycles. The minimum Gasteiger partial charge on any atom is -0.329 e. The third-order valence-electron chi connectivity index (χ3n) is 3.40. The zero-order valence-electron chi connectivity index (χ0n) is 10.6. The van der Waals surface area contributed by atoms with Gasteiger partial charge in [-0.05, 0) is 25.8 Å².